The van der Waals surface area contributed by atoms with Crippen molar-refractivity contribution in [3.05, 3.63) is 53.5 Å². The summed E-state index contributed by atoms with van der Waals surface area (Å²) in [6.07, 6.45) is -2.90. The first-order valence-corrected chi connectivity index (χ1v) is 7.72. The molecule has 0 bridgehead atoms. The van der Waals surface area contributed by atoms with Crippen LogP contribution in [0.25, 0.3) is 21.7 Å². The highest BCUT2D eigenvalue weighted by molar-refractivity contribution is 7.15. The Hall–Kier alpha value is -2.68. The van der Waals surface area contributed by atoms with Gasteiger partial charge in [0.15, 0.2) is 0 Å². The number of aromatic nitrogens is 4. The Balaban J connectivity index is 1.60. The molecule has 0 N–H and O–H groups in total. The number of imidazole rings is 1. The monoisotopic (exact) mass is 350 g/mol. The van der Waals surface area contributed by atoms with Crippen LogP contribution in [0, 0.1) is 0 Å². The van der Waals surface area contributed by atoms with Gasteiger partial charge in [0.2, 0.25) is 5.82 Å². The molecule has 0 saturated heterocycles. The molecule has 9 heteroatoms. The molecule has 0 amide bonds. The van der Waals surface area contributed by atoms with Gasteiger partial charge in [0.05, 0.1) is 28.8 Å². The first-order chi connectivity index (χ1) is 11.5. The van der Waals surface area contributed by atoms with Crippen molar-refractivity contribution in [2.75, 3.05) is 0 Å². The van der Waals surface area contributed by atoms with Gasteiger partial charge in [0.1, 0.15) is 0 Å². The number of nitrogens with zero attached hydrogens (tertiary/aromatic N) is 4. The zero-order valence-electron chi connectivity index (χ0n) is 12.0. The second-order valence-corrected chi connectivity index (χ2v) is 6.22. The van der Waals surface area contributed by atoms with Crippen LogP contribution in [-0.4, -0.2) is 19.7 Å². The predicted molar refractivity (Wildman–Crippen MR) is 81.4 cm³/mol. The quantitative estimate of drug-likeness (QED) is 0.555. The van der Waals surface area contributed by atoms with Crippen molar-refractivity contribution in [2.24, 2.45) is 0 Å². The summed E-state index contributed by atoms with van der Waals surface area (Å²) in [7, 11) is 0. The standard InChI is InChI=1S/C15H9F3N4OS/c16-15(17,18)14-20-13(21-23-14)12-6-5-9(24-12)7-22-8-19-10-3-1-2-4-11(10)22/h1-6,8H,7H2. The average Bonchev–Trinajstić information content (AvgIpc) is 3.26. The molecule has 4 aromatic rings. The molecule has 5 nitrogen and oxygen atoms in total. The number of fused-ring (bicyclic) bond motifs is 1. The first kappa shape index (κ1) is 14.9. The number of hydrogen-bond acceptors (Lipinski definition) is 5. The van der Waals surface area contributed by atoms with E-state index >= 15 is 0 Å². The smallest absolute Gasteiger partial charge is 0.329 e. The molecule has 4 rings (SSSR count). The third-order valence-corrected chi connectivity index (χ3v) is 4.47. The largest absolute Gasteiger partial charge is 0.471 e. The molecule has 3 heterocycles. The Bertz CT molecular complexity index is 1000. The van der Waals surface area contributed by atoms with Gasteiger partial charge in [0.25, 0.3) is 0 Å². The van der Waals surface area contributed by atoms with Crippen LogP contribution in [0.4, 0.5) is 13.2 Å². The lowest BCUT2D eigenvalue weighted by Gasteiger charge is -2.01. The van der Waals surface area contributed by atoms with Crippen molar-refractivity contribution in [3.63, 3.8) is 0 Å². The number of thiophene rings is 1. The highest BCUT2D eigenvalue weighted by Crippen LogP contribution is 2.32. The van der Waals surface area contributed by atoms with Crippen molar-refractivity contribution in [3.8, 4) is 10.7 Å². The van der Waals surface area contributed by atoms with Gasteiger partial charge in [-0.3, -0.25) is 0 Å². The lowest BCUT2D eigenvalue weighted by atomic mass is 10.3. The van der Waals surface area contributed by atoms with Crippen LogP contribution in [0.2, 0.25) is 0 Å². The van der Waals surface area contributed by atoms with Gasteiger partial charge >= 0.3 is 12.1 Å². The van der Waals surface area contributed by atoms with Crippen molar-refractivity contribution in [2.45, 2.75) is 12.7 Å². The Kier molecular flexibility index (Phi) is 3.38. The number of halogens is 3. The summed E-state index contributed by atoms with van der Waals surface area (Å²) < 4.78 is 43.8. The van der Waals surface area contributed by atoms with Crippen molar-refractivity contribution in [1.82, 2.24) is 19.7 Å². The molecule has 0 fully saturated rings. The second kappa shape index (κ2) is 5.45. The van der Waals surface area contributed by atoms with Gasteiger partial charge in [-0.25, -0.2) is 4.98 Å². The van der Waals surface area contributed by atoms with E-state index in [1.807, 2.05) is 34.9 Å². The summed E-state index contributed by atoms with van der Waals surface area (Å²) in [5.41, 5.74) is 1.88. The Morgan fingerprint density at radius 2 is 1.96 bits per heavy atom. The van der Waals surface area contributed by atoms with E-state index in [-0.39, 0.29) is 5.82 Å². The average molecular weight is 350 g/mol. The molecule has 0 radical (unpaired) electrons. The molecule has 122 valence electrons. The molecule has 0 atom stereocenters. The molecule has 0 aliphatic rings. The topological polar surface area (TPSA) is 56.7 Å². The fourth-order valence-electron chi connectivity index (χ4n) is 2.33. The molecular weight excluding hydrogens is 341 g/mol. The Morgan fingerprint density at radius 3 is 2.75 bits per heavy atom. The third-order valence-electron chi connectivity index (χ3n) is 3.40. The molecule has 0 aliphatic carbocycles. The van der Waals surface area contributed by atoms with Crippen LogP contribution in [-0.2, 0) is 12.7 Å². The zero-order chi connectivity index (χ0) is 16.7. The Morgan fingerprint density at radius 1 is 1.12 bits per heavy atom. The van der Waals surface area contributed by atoms with Crippen LogP contribution < -0.4 is 0 Å². The number of rotatable bonds is 3. The zero-order valence-corrected chi connectivity index (χ0v) is 12.8. The minimum absolute atomic E-state index is 0.0611. The number of alkyl halides is 3. The van der Waals surface area contributed by atoms with Crippen molar-refractivity contribution < 1.29 is 17.7 Å². The number of hydrogen-bond donors (Lipinski definition) is 0. The normalized spacial score (nSPS) is 12.1. The molecular formula is C15H9F3N4OS. The summed E-state index contributed by atoms with van der Waals surface area (Å²) in [5.74, 6) is -1.40. The fraction of sp³-hybridized carbons (Fsp3) is 0.133. The van der Waals surface area contributed by atoms with Crippen LogP contribution in [0.3, 0.4) is 0 Å². The minimum Gasteiger partial charge on any atom is -0.329 e. The van der Waals surface area contributed by atoms with E-state index < -0.39 is 12.1 Å². The summed E-state index contributed by atoms with van der Waals surface area (Å²) in [6.45, 7) is 0.565. The van der Waals surface area contributed by atoms with Gasteiger partial charge < -0.3 is 9.09 Å². The summed E-state index contributed by atoms with van der Waals surface area (Å²) in [5, 5.41) is 3.40. The van der Waals surface area contributed by atoms with Crippen molar-refractivity contribution >= 4 is 22.4 Å². The highest BCUT2D eigenvalue weighted by Gasteiger charge is 2.38. The summed E-state index contributed by atoms with van der Waals surface area (Å²) >= 11 is 1.32. The lowest BCUT2D eigenvalue weighted by Crippen LogP contribution is -2.04. The van der Waals surface area contributed by atoms with Gasteiger partial charge in [-0.1, -0.05) is 17.3 Å². The van der Waals surface area contributed by atoms with Gasteiger partial charge in [-0.05, 0) is 24.3 Å². The van der Waals surface area contributed by atoms with Crippen LogP contribution in [0.5, 0.6) is 0 Å². The van der Waals surface area contributed by atoms with E-state index in [0.717, 1.165) is 15.9 Å². The number of para-hydroxylation sites is 2. The molecule has 24 heavy (non-hydrogen) atoms. The minimum atomic E-state index is -4.64. The maximum Gasteiger partial charge on any atom is 0.471 e. The Labute approximate surface area is 137 Å². The van der Waals surface area contributed by atoms with E-state index in [0.29, 0.717) is 11.4 Å². The third kappa shape index (κ3) is 2.67. The van der Waals surface area contributed by atoms with E-state index in [1.165, 1.54) is 11.3 Å². The SMILES string of the molecule is FC(F)(F)c1nc(-c2ccc(Cn3cnc4ccccc43)s2)no1. The van der Waals surface area contributed by atoms with Crippen LogP contribution >= 0.6 is 11.3 Å². The maximum absolute atomic E-state index is 12.5. The van der Waals surface area contributed by atoms with Gasteiger partial charge in [0, 0.05) is 4.88 Å². The van der Waals surface area contributed by atoms with E-state index in [1.54, 1.807) is 12.4 Å². The van der Waals surface area contributed by atoms with Gasteiger partial charge in [-0.15, -0.1) is 11.3 Å². The molecule has 0 unspecified atom stereocenters. The molecule has 3 aromatic heterocycles. The maximum atomic E-state index is 12.5. The second-order valence-electron chi connectivity index (χ2n) is 5.05. The summed E-state index contributed by atoms with van der Waals surface area (Å²) in [4.78, 5) is 9.19. The van der Waals surface area contributed by atoms with Crippen molar-refractivity contribution in [1.29, 1.82) is 0 Å². The van der Waals surface area contributed by atoms with Crippen LogP contribution in [0.1, 0.15) is 10.8 Å². The van der Waals surface area contributed by atoms with E-state index in [2.05, 4.69) is 19.6 Å². The number of benzene rings is 1. The van der Waals surface area contributed by atoms with Crippen LogP contribution in [0.15, 0.2) is 47.2 Å². The first-order valence-electron chi connectivity index (χ1n) is 6.90. The molecule has 0 saturated carbocycles. The predicted octanol–water partition coefficient (Wildman–Crippen LogP) is 4.21. The summed E-state index contributed by atoms with van der Waals surface area (Å²) in [6, 6.07) is 11.2. The fourth-order valence-corrected chi connectivity index (χ4v) is 3.26. The van der Waals surface area contributed by atoms with Gasteiger partial charge in [-0.2, -0.15) is 18.2 Å². The highest BCUT2D eigenvalue weighted by atomic mass is 32.1. The van der Waals surface area contributed by atoms with E-state index in [9.17, 15) is 13.2 Å². The van der Waals surface area contributed by atoms with E-state index in [4.69, 9.17) is 0 Å². The molecule has 1 aromatic carbocycles. The molecule has 0 spiro atoms. The lowest BCUT2D eigenvalue weighted by molar-refractivity contribution is -0.159. The molecule has 0 aliphatic heterocycles.